The quantitative estimate of drug-likeness (QED) is 0.578. The third-order valence-corrected chi connectivity index (χ3v) is 4.88. The first-order valence-electron chi connectivity index (χ1n) is 7.73. The molecule has 0 bridgehead atoms. The normalized spacial score (nSPS) is 35.6. The van der Waals surface area contributed by atoms with Gasteiger partial charge in [-0.1, -0.05) is 24.3 Å². The lowest BCUT2D eigenvalue weighted by Gasteiger charge is -2.32. The van der Waals surface area contributed by atoms with Gasteiger partial charge in [-0.25, -0.2) is 0 Å². The summed E-state index contributed by atoms with van der Waals surface area (Å²) >= 11 is 0. The van der Waals surface area contributed by atoms with Gasteiger partial charge in [-0.2, -0.15) is 10.5 Å². The van der Waals surface area contributed by atoms with E-state index in [0.29, 0.717) is 11.8 Å². The van der Waals surface area contributed by atoms with Gasteiger partial charge in [-0.05, 0) is 69.2 Å². The highest BCUT2D eigenvalue weighted by Crippen LogP contribution is 2.35. The highest BCUT2D eigenvalue weighted by Gasteiger charge is 2.32. The van der Waals surface area contributed by atoms with Crippen LogP contribution in [0.15, 0.2) is 47.6 Å². The Morgan fingerprint density at radius 2 is 1.30 bits per heavy atom. The molecule has 120 valence electrons. The largest absolute Gasteiger partial charge is 0.412 e. The zero-order valence-corrected chi connectivity index (χ0v) is 14.0. The molecular formula is C19H22N2O2. The third kappa shape index (κ3) is 3.48. The van der Waals surface area contributed by atoms with Crippen LogP contribution in [0.5, 0.6) is 0 Å². The van der Waals surface area contributed by atoms with Crippen molar-refractivity contribution in [3.8, 4) is 12.5 Å². The maximum atomic E-state index is 8.77. The van der Waals surface area contributed by atoms with Crippen LogP contribution >= 0.6 is 0 Å². The molecule has 4 heteroatoms. The molecule has 0 aromatic heterocycles. The van der Waals surface area contributed by atoms with Crippen molar-refractivity contribution in [2.75, 3.05) is 0 Å². The Morgan fingerprint density at radius 1 is 0.913 bits per heavy atom. The monoisotopic (exact) mass is 310 g/mol. The second-order valence-electron chi connectivity index (χ2n) is 6.58. The molecule has 4 atom stereocenters. The van der Waals surface area contributed by atoms with E-state index in [0.717, 1.165) is 17.6 Å². The van der Waals surface area contributed by atoms with Crippen molar-refractivity contribution in [1.29, 1.82) is 10.5 Å². The first kappa shape index (κ1) is 16.9. The Bertz CT molecular complexity index is 616. The summed E-state index contributed by atoms with van der Waals surface area (Å²) in [7, 11) is 0. The molecule has 2 rings (SSSR count). The van der Waals surface area contributed by atoms with Crippen molar-refractivity contribution in [1.82, 2.24) is 0 Å². The van der Waals surface area contributed by atoms with Gasteiger partial charge in [-0.15, -0.1) is 0 Å². The van der Waals surface area contributed by atoms with Crippen molar-refractivity contribution in [2.24, 2.45) is 11.8 Å². The lowest BCUT2D eigenvalue weighted by atomic mass is 9.79. The van der Waals surface area contributed by atoms with Gasteiger partial charge < -0.3 is 9.47 Å². The van der Waals surface area contributed by atoms with Crippen molar-refractivity contribution < 1.29 is 9.47 Å². The predicted molar refractivity (Wildman–Crippen MR) is 87.6 cm³/mol. The van der Waals surface area contributed by atoms with E-state index in [1.54, 1.807) is 12.5 Å². The molecule has 0 spiro atoms. The SMILES string of the molecule is CC1=CC(CC2C=CC(C)(OC#N)C(C)=C2)C=CC1(C)OC#N. The summed E-state index contributed by atoms with van der Waals surface area (Å²) in [5.41, 5.74) is 0.839. The van der Waals surface area contributed by atoms with E-state index in [4.69, 9.17) is 20.0 Å². The summed E-state index contributed by atoms with van der Waals surface area (Å²) in [6.07, 6.45) is 16.9. The third-order valence-electron chi connectivity index (χ3n) is 4.88. The zero-order valence-electron chi connectivity index (χ0n) is 14.0. The zero-order chi connectivity index (χ0) is 17.1. The van der Waals surface area contributed by atoms with Gasteiger partial charge in [0.25, 0.3) is 12.5 Å². The van der Waals surface area contributed by atoms with Crippen molar-refractivity contribution in [2.45, 2.75) is 45.3 Å². The van der Waals surface area contributed by atoms with Gasteiger partial charge in [0.05, 0.1) is 0 Å². The average molecular weight is 310 g/mol. The summed E-state index contributed by atoms with van der Waals surface area (Å²) < 4.78 is 10.3. The van der Waals surface area contributed by atoms with Crippen LogP contribution in [0.3, 0.4) is 0 Å². The summed E-state index contributed by atoms with van der Waals surface area (Å²) in [5.74, 6) is 0.593. The van der Waals surface area contributed by atoms with E-state index >= 15 is 0 Å². The first-order chi connectivity index (χ1) is 10.8. The van der Waals surface area contributed by atoms with Crippen LogP contribution in [-0.4, -0.2) is 11.2 Å². The van der Waals surface area contributed by atoms with Gasteiger partial charge >= 0.3 is 0 Å². The maximum Gasteiger partial charge on any atom is 0.287 e. The van der Waals surface area contributed by atoms with Gasteiger partial charge in [0.1, 0.15) is 0 Å². The van der Waals surface area contributed by atoms with E-state index in [9.17, 15) is 0 Å². The van der Waals surface area contributed by atoms with Crippen LogP contribution in [0.25, 0.3) is 0 Å². The molecule has 0 fully saturated rings. The van der Waals surface area contributed by atoms with E-state index < -0.39 is 11.2 Å². The van der Waals surface area contributed by atoms with E-state index in [1.165, 1.54) is 0 Å². The van der Waals surface area contributed by atoms with Gasteiger partial charge in [0.2, 0.25) is 0 Å². The molecule has 0 aromatic rings. The molecule has 23 heavy (non-hydrogen) atoms. The highest BCUT2D eigenvalue weighted by molar-refractivity contribution is 5.33. The number of ether oxygens (including phenoxy) is 2. The van der Waals surface area contributed by atoms with Gasteiger partial charge in [0.15, 0.2) is 11.2 Å². The highest BCUT2D eigenvalue weighted by atomic mass is 16.5. The minimum absolute atomic E-state index is 0.297. The van der Waals surface area contributed by atoms with E-state index in [1.807, 2.05) is 39.8 Å². The minimum atomic E-state index is -0.626. The van der Waals surface area contributed by atoms with Crippen molar-refractivity contribution in [3.05, 3.63) is 47.6 Å². The van der Waals surface area contributed by atoms with Crippen LogP contribution in [0.2, 0.25) is 0 Å². The molecule has 4 nitrogen and oxygen atoms in total. The van der Waals surface area contributed by atoms with Crippen LogP contribution in [0, 0.1) is 34.9 Å². The van der Waals surface area contributed by atoms with E-state index in [-0.39, 0.29) is 0 Å². The van der Waals surface area contributed by atoms with Crippen LogP contribution in [-0.2, 0) is 9.47 Å². The summed E-state index contributed by atoms with van der Waals surface area (Å²) in [5, 5.41) is 17.5. The molecule has 0 saturated carbocycles. The Hall–Kier alpha value is -2.46. The standard InChI is InChI=1S/C19H22N2O2/c1-14-9-16(5-7-18(14,3)22-12-20)11-17-6-8-19(4,23-13-21)15(2)10-17/h5-10,16-17H,11H2,1-4H3. The molecule has 2 aliphatic rings. The lowest BCUT2D eigenvalue weighted by Crippen LogP contribution is -2.30. The second-order valence-corrected chi connectivity index (χ2v) is 6.58. The molecule has 4 unspecified atom stereocenters. The number of rotatable bonds is 4. The molecule has 0 aromatic carbocycles. The second kappa shape index (κ2) is 6.34. The fourth-order valence-corrected chi connectivity index (χ4v) is 2.99. The Balaban J connectivity index is 2.07. The Labute approximate surface area is 138 Å². The van der Waals surface area contributed by atoms with Crippen molar-refractivity contribution >= 4 is 0 Å². The summed E-state index contributed by atoms with van der Waals surface area (Å²) in [6, 6.07) is 0. The van der Waals surface area contributed by atoms with Crippen LogP contribution in [0.1, 0.15) is 34.1 Å². The first-order valence-corrected chi connectivity index (χ1v) is 7.73. The number of allylic oxidation sites excluding steroid dienone is 4. The summed E-state index contributed by atoms with van der Waals surface area (Å²) in [4.78, 5) is 0. The minimum Gasteiger partial charge on any atom is -0.412 e. The average Bonchev–Trinajstić information content (AvgIpc) is 2.48. The fourth-order valence-electron chi connectivity index (χ4n) is 2.99. The number of hydrogen-bond donors (Lipinski definition) is 0. The molecule has 0 heterocycles. The molecule has 0 saturated heterocycles. The van der Waals surface area contributed by atoms with Gasteiger partial charge in [0, 0.05) is 0 Å². The van der Waals surface area contributed by atoms with Gasteiger partial charge in [-0.3, -0.25) is 0 Å². The predicted octanol–water partition coefficient (Wildman–Crippen LogP) is 4.15. The lowest BCUT2D eigenvalue weighted by molar-refractivity contribution is 0.133. The van der Waals surface area contributed by atoms with Crippen LogP contribution < -0.4 is 0 Å². The van der Waals surface area contributed by atoms with Crippen LogP contribution in [0.4, 0.5) is 0 Å². The Kier molecular flexibility index (Phi) is 4.66. The molecule has 2 aliphatic carbocycles. The number of hydrogen-bond acceptors (Lipinski definition) is 4. The topological polar surface area (TPSA) is 66.0 Å². The van der Waals surface area contributed by atoms with E-state index in [2.05, 4.69) is 24.3 Å². The molecular weight excluding hydrogens is 288 g/mol. The maximum absolute atomic E-state index is 8.77. The van der Waals surface area contributed by atoms with Crippen molar-refractivity contribution in [3.63, 3.8) is 0 Å². The molecule has 0 N–H and O–H groups in total. The summed E-state index contributed by atoms with van der Waals surface area (Å²) in [6.45, 7) is 7.76. The Morgan fingerprint density at radius 3 is 1.61 bits per heavy atom. The number of nitriles is 2. The number of nitrogens with zero attached hydrogens (tertiary/aromatic N) is 2. The molecule has 0 radical (unpaired) electrons. The fraction of sp³-hybridized carbons (Fsp3) is 0.474. The molecule has 0 amide bonds. The smallest absolute Gasteiger partial charge is 0.287 e. The molecule has 0 aliphatic heterocycles.